The van der Waals surface area contributed by atoms with Gasteiger partial charge in [-0.1, -0.05) is 18.1 Å². The normalized spacial score (nSPS) is 19.0. The van der Waals surface area contributed by atoms with E-state index in [0.29, 0.717) is 0 Å². The Kier molecular flexibility index (Phi) is 8.02. The fraction of sp³-hybridized carbons (Fsp3) is 0.833. The summed E-state index contributed by atoms with van der Waals surface area (Å²) in [7, 11) is 0. The molecule has 0 bridgehead atoms. The van der Waals surface area contributed by atoms with Crippen LogP contribution < -0.4 is 0 Å². The standard InChI is InChI=1S/C18H33NO2/c1-16(11-9-14-18(2,3)20)10-7-8-15-19(21)17-12-5-4-6-13-17/h10,15,17,20H,4-9,11-14H2,1-3H3/b16-10+,19-15?. The van der Waals surface area contributed by atoms with E-state index in [1.807, 2.05) is 20.1 Å². The molecule has 122 valence electrons. The molecule has 0 heterocycles. The Hall–Kier alpha value is -0.830. The van der Waals surface area contributed by atoms with E-state index in [4.69, 9.17) is 0 Å². The second-order valence-electron chi connectivity index (χ2n) is 7.13. The van der Waals surface area contributed by atoms with Gasteiger partial charge in [0.25, 0.3) is 0 Å². The molecule has 1 fully saturated rings. The Balaban J connectivity index is 2.20. The Bertz CT molecular complexity index is 347. The summed E-state index contributed by atoms with van der Waals surface area (Å²) in [6, 6.07) is 0.232. The maximum Gasteiger partial charge on any atom is 0.162 e. The fourth-order valence-corrected chi connectivity index (χ4v) is 2.92. The number of hydrogen-bond acceptors (Lipinski definition) is 2. The second kappa shape index (κ2) is 9.24. The summed E-state index contributed by atoms with van der Waals surface area (Å²) in [6.45, 7) is 5.85. The second-order valence-corrected chi connectivity index (χ2v) is 7.13. The van der Waals surface area contributed by atoms with Crippen molar-refractivity contribution < 1.29 is 9.85 Å². The smallest absolute Gasteiger partial charge is 0.162 e. The van der Waals surface area contributed by atoms with Gasteiger partial charge < -0.3 is 10.3 Å². The molecule has 1 N–H and O–H groups in total. The summed E-state index contributed by atoms with van der Waals surface area (Å²) >= 11 is 0. The number of nitrogens with zero attached hydrogens (tertiary/aromatic N) is 1. The third-order valence-corrected chi connectivity index (χ3v) is 4.26. The maximum absolute atomic E-state index is 11.9. The Labute approximate surface area is 130 Å². The number of aliphatic hydroxyl groups is 1. The average molecular weight is 295 g/mol. The first-order valence-electron chi connectivity index (χ1n) is 8.55. The van der Waals surface area contributed by atoms with Gasteiger partial charge in [-0.05, 0) is 59.3 Å². The van der Waals surface area contributed by atoms with Crippen molar-refractivity contribution in [1.82, 2.24) is 0 Å². The molecule has 0 aromatic rings. The number of hydroxylamine groups is 1. The topological polar surface area (TPSA) is 46.3 Å². The van der Waals surface area contributed by atoms with Gasteiger partial charge in [-0.3, -0.25) is 0 Å². The van der Waals surface area contributed by atoms with Gasteiger partial charge in [0.1, 0.15) is 0 Å². The molecule has 1 saturated carbocycles. The van der Waals surface area contributed by atoms with Gasteiger partial charge >= 0.3 is 0 Å². The fourth-order valence-electron chi connectivity index (χ4n) is 2.92. The minimum Gasteiger partial charge on any atom is -0.624 e. The molecule has 3 heteroatoms. The van der Waals surface area contributed by atoms with Crippen LogP contribution in [0.25, 0.3) is 0 Å². The van der Waals surface area contributed by atoms with Gasteiger partial charge in [0.05, 0.1) is 5.60 Å². The largest absolute Gasteiger partial charge is 0.624 e. The summed E-state index contributed by atoms with van der Waals surface area (Å²) in [6.07, 6.45) is 14.6. The van der Waals surface area contributed by atoms with Crippen LogP contribution in [0.4, 0.5) is 0 Å². The van der Waals surface area contributed by atoms with Crippen molar-refractivity contribution >= 4 is 6.21 Å². The average Bonchev–Trinajstić information content (AvgIpc) is 2.43. The van der Waals surface area contributed by atoms with Crippen molar-refractivity contribution in [2.45, 2.75) is 96.6 Å². The molecule has 0 saturated heterocycles. The zero-order valence-corrected chi connectivity index (χ0v) is 14.1. The molecule has 0 aromatic heterocycles. The van der Waals surface area contributed by atoms with E-state index in [0.717, 1.165) is 44.9 Å². The highest BCUT2D eigenvalue weighted by atomic mass is 16.5. The molecule has 0 spiro atoms. The molecule has 0 aromatic carbocycles. The van der Waals surface area contributed by atoms with E-state index >= 15 is 0 Å². The SMILES string of the molecule is C/C(=C\CCC=[N+]([O-])C1CCCCC1)CCCC(C)(C)O. The Morgan fingerprint density at radius 1 is 1.24 bits per heavy atom. The van der Waals surface area contributed by atoms with Crippen LogP contribution in [0.3, 0.4) is 0 Å². The number of rotatable bonds is 8. The van der Waals surface area contributed by atoms with Crippen molar-refractivity contribution in [2.75, 3.05) is 0 Å². The number of hydrogen-bond donors (Lipinski definition) is 1. The van der Waals surface area contributed by atoms with Crippen molar-refractivity contribution in [3.63, 3.8) is 0 Å². The molecule has 0 amide bonds. The van der Waals surface area contributed by atoms with Gasteiger partial charge in [-0.2, -0.15) is 0 Å². The van der Waals surface area contributed by atoms with Crippen molar-refractivity contribution in [2.24, 2.45) is 0 Å². The molecule has 1 rings (SSSR count). The third kappa shape index (κ3) is 8.92. The highest BCUT2D eigenvalue weighted by Gasteiger charge is 2.18. The predicted octanol–water partition coefficient (Wildman–Crippen LogP) is 4.57. The van der Waals surface area contributed by atoms with E-state index in [1.165, 1.54) is 29.6 Å². The molecule has 3 nitrogen and oxygen atoms in total. The van der Waals surface area contributed by atoms with E-state index in [1.54, 1.807) is 0 Å². The summed E-state index contributed by atoms with van der Waals surface area (Å²) < 4.78 is 1.20. The van der Waals surface area contributed by atoms with Crippen molar-refractivity contribution in [3.8, 4) is 0 Å². The Morgan fingerprint density at radius 2 is 1.90 bits per heavy atom. The van der Waals surface area contributed by atoms with E-state index < -0.39 is 5.60 Å². The lowest BCUT2D eigenvalue weighted by Crippen LogP contribution is -2.24. The van der Waals surface area contributed by atoms with Crippen LogP contribution in [-0.2, 0) is 0 Å². The molecule has 21 heavy (non-hydrogen) atoms. The summed E-state index contributed by atoms with van der Waals surface area (Å²) in [4.78, 5) is 0. The van der Waals surface area contributed by atoms with Crippen LogP contribution in [0.15, 0.2) is 11.6 Å². The van der Waals surface area contributed by atoms with Crippen LogP contribution >= 0.6 is 0 Å². The lowest BCUT2D eigenvalue weighted by Gasteiger charge is -2.20. The zero-order valence-electron chi connectivity index (χ0n) is 14.1. The first kappa shape index (κ1) is 18.2. The van der Waals surface area contributed by atoms with Gasteiger partial charge in [0.15, 0.2) is 12.3 Å². The van der Waals surface area contributed by atoms with E-state index in [9.17, 15) is 10.3 Å². The predicted molar refractivity (Wildman–Crippen MR) is 89.7 cm³/mol. The molecular formula is C18H33NO2. The molecule has 1 aliphatic rings. The first-order chi connectivity index (χ1) is 9.88. The summed E-state index contributed by atoms with van der Waals surface area (Å²) in [5.74, 6) is 0. The molecule has 0 aliphatic heterocycles. The molecule has 1 aliphatic carbocycles. The lowest BCUT2D eigenvalue weighted by atomic mass is 9.96. The van der Waals surface area contributed by atoms with Gasteiger partial charge in [-0.15, -0.1) is 0 Å². The minimum atomic E-state index is -0.558. The molecule has 0 unspecified atom stereocenters. The molecule has 0 radical (unpaired) electrons. The third-order valence-electron chi connectivity index (χ3n) is 4.26. The van der Waals surface area contributed by atoms with Crippen LogP contribution in [0.1, 0.15) is 85.0 Å². The minimum absolute atomic E-state index is 0.232. The number of allylic oxidation sites excluding steroid dienone is 2. The van der Waals surface area contributed by atoms with Crippen LogP contribution in [0.5, 0.6) is 0 Å². The van der Waals surface area contributed by atoms with Crippen LogP contribution in [0.2, 0.25) is 0 Å². The Morgan fingerprint density at radius 3 is 2.52 bits per heavy atom. The van der Waals surface area contributed by atoms with Crippen molar-refractivity contribution in [3.05, 3.63) is 16.9 Å². The maximum atomic E-state index is 11.9. The van der Waals surface area contributed by atoms with Gasteiger partial charge in [-0.25, -0.2) is 4.74 Å². The van der Waals surface area contributed by atoms with Gasteiger partial charge in [0, 0.05) is 19.3 Å². The lowest BCUT2D eigenvalue weighted by molar-refractivity contribution is -0.502. The monoisotopic (exact) mass is 295 g/mol. The van der Waals surface area contributed by atoms with Crippen LogP contribution in [-0.4, -0.2) is 27.7 Å². The quantitative estimate of drug-likeness (QED) is 0.178. The summed E-state index contributed by atoms with van der Waals surface area (Å²) in [5.41, 5.74) is 0.805. The summed E-state index contributed by atoms with van der Waals surface area (Å²) in [5, 5.41) is 21.6. The van der Waals surface area contributed by atoms with Crippen LogP contribution in [0, 0.1) is 5.21 Å². The van der Waals surface area contributed by atoms with Gasteiger partial charge in [0.2, 0.25) is 0 Å². The molecular weight excluding hydrogens is 262 g/mol. The van der Waals surface area contributed by atoms with E-state index in [2.05, 4.69) is 13.0 Å². The highest BCUT2D eigenvalue weighted by Crippen LogP contribution is 2.19. The molecule has 0 atom stereocenters. The zero-order chi connectivity index (χ0) is 15.7. The number of unbranched alkanes of at least 4 members (excludes halogenated alkanes) is 1. The highest BCUT2D eigenvalue weighted by molar-refractivity contribution is 5.51. The van der Waals surface area contributed by atoms with Crippen molar-refractivity contribution in [1.29, 1.82) is 0 Å². The first-order valence-corrected chi connectivity index (χ1v) is 8.55. The van der Waals surface area contributed by atoms with E-state index in [-0.39, 0.29) is 6.04 Å².